The van der Waals surface area contributed by atoms with E-state index < -0.39 is 0 Å². The highest BCUT2D eigenvalue weighted by Gasteiger charge is 2.48. The Balaban J connectivity index is 1.52. The maximum Gasteiger partial charge on any atom is 0.228 e. The molecule has 0 radical (unpaired) electrons. The highest BCUT2D eigenvalue weighted by molar-refractivity contribution is 6.00. The van der Waals surface area contributed by atoms with E-state index in [1.54, 1.807) is 24.3 Å². The first-order chi connectivity index (χ1) is 10.0. The topological polar surface area (TPSA) is 75.3 Å². The Morgan fingerprint density at radius 1 is 1.00 bits per heavy atom. The molecule has 2 fully saturated rings. The third-order valence-electron chi connectivity index (χ3n) is 3.95. The lowest BCUT2D eigenvalue weighted by Gasteiger charge is -2.06. The van der Waals surface area contributed by atoms with E-state index in [4.69, 9.17) is 0 Å². The van der Waals surface area contributed by atoms with Crippen molar-refractivity contribution in [3.05, 3.63) is 29.8 Å². The van der Waals surface area contributed by atoms with Gasteiger partial charge in [-0.15, -0.1) is 0 Å². The number of hydrogen-bond acceptors (Lipinski definition) is 3. The van der Waals surface area contributed by atoms with Gasteiger partial charge in [0, 0.05) is 17.3 Å². The Morgan fingerprint density at radius 3 is 2.19 bits per heavy atom. The minimum absolute atomic E-state index is 0.00424. The number of hydrogen-bond donors (Lipinski definition) is 2. The van der Waals surface area contributed by atoms with Crippen LogP contribution in [0.1, 0.15) is 36.5 Å². The number of benzene rings is 1. The molecule has 2 unspecified atom stereocenters. The highest BCUT2D eigenvalue weighted by atomic mass is 16.2. The van der Waals surface area contributed by atoms with Gasteiger partial charge >= 0.3 is 0 Å². The predicted molar refractivity (Wildman–Crippen MR) is 77.8 cm³/mol. The Labute approximate surface area is 123 Å². The highest BCUT2D eigenvalue weighted by Crippen LogP contribution is 2.40. The van der Waals surface area contributed by atoms with Crippen LogP contribution >= 0.6 is 0 Å². The lowest BCUT2D eigenvalue weighted by atomic mass is 10.1. The molecule has 0 saturated heterocycles. The van der Waals surface area contributed by atoms with Gasteiger partial charge in [0.05, 0.1) is 11.8 Å². The number of ketones is 1. The molecule has 0 bridgehead atoms. The van der Waals surface area contributed by atoms with Crippen molar-refractivity contribution in [3.8, 4) is 0 Å². The lowest BCUT2D eigenvalue weighted by molar-refractivity contribution is -0.125. The van der Waals surface area contributed by atoms with Crippen molar-refractivity contribution in [2.24, 2.45) is 11.8 Å². The van der Waals surface area contributed by atoms with Crippen LogP contribution in [0.5, 0.6) is 0 Å². The molecule has 5 heteroatoms. The molecule has 5 nitrogen and oxygen atoms in total. The summed E-state index contributed by atoms with van der Waals surface area (Å²) < 4.78 is 0. The van der Waals surface area contributed by atoms with Gasteiger partial charge in [0.1, 0.15) is 0 Å². The van der Waals surface area contributed by atoms with Gasteiger partial charge in [-0.05, 0) is 50.5 Å². The van der Waals surface area contributed by atoms with E-state index in [1.165, 1.54) is 6.92 Å². The summed E-state index contributed by atoms with van der Waals surface area (Å²) in [7, 11) is 0. The normalized spacial score (nSPS) is 23.3. The second-order valence-electron chi connectivity index (χ2n) is 5.85. The van der Waals surface area contributed by atoms with E-state index >= 15 is 0 Å². The first kappa shape index (κ1) is 13.8. The first-order valence-corrected chi connectivity index (χ1v) is 7.27. The fourth-order valence-electron chi connectivity index (χ4n) is 2.33. The summed E-state index contributed by atoms with van der Waals surface area (Å²) in [5.74, 6) is -0.531. The van der Waals surface area contributed by atoms with Crippen molar-refractivity contribution in [1.82, 2.24) is 5.32 Å². The van der Waals surface area contributed by atoms with E-state index in [1.807, 2.05) is 0 Å². The van der Waals surface area contributed by atoms with Gasteiger partial charge < -0.3 is 10.6 Å². The van der Waals surface area contributed by atoms with E-state index in [2.05, 4.69) is 10.6 Å². The third kappa shape index (κ3) is 3.29. The van der Waals surface area contributed by atoms with Gasteiger partial charge in [-0.1, -0.05) is 0 Å². The number of Topliss-reactive ketones (excluding diaryl/α,β-unsaturated/α-hetero) is 1. The maximum atomic E-state index is 12.1. The summed E-state index contributed by atoms with van der Waals surface area (Å²) in [6.45, 7) is 1.50. The summed E-state index contributed by atoms with van der Waals surface area (Å²) >= 11 is 0. The van der Waals surface area contributed by atoms with Crippen LogP contribution in [-0.4, -0.2) is 23.6 Å². The van der Waals surface area contributed by atoms with Crippen molar-refractivity contribution in [3.63, 3.8) is 0 Å². The van der Waals surface area contributed by atoms with Gasteiger partial charge in [0.15, 0.2) is 5.78 Å². The second-order valence-corrected chi connectivity index (χ2v) is 5.85. The van der Waals surface area contributed by atoms with Crippen LogP contribution in [0.25, 0.3) is 0 Å². The molecule has 2 saturated carbocycles. The third-order valence-corrected chi connectivity index (χ3v) is 3.95. The summed E-state index contributed by atoms with van der Waals surface area (Å²) in [6, 6.07) is 7.11. The average molecular weight is 286 g/mol. The maximum absolute atomic E-state index is 12.1. The van der Waals surface area contributed by atoms with Gasteiger partial charge in [0.25, 0.3) is 0 Å². The van der Waals surface area contributed by atoms with Crippen molar-refractivity contribution in [2.75, 3.05) is 5.32 Å². The first-order valence-electron chi connectivity index (χ1n) is 7.27. The van der Waals surface area contributed by atoms with Gasteiger partial charge in [-0.25, -0.2) is 0 Å². The van der Waals surface area contributed by atoms with Gasteiger partial charge in [-0.3, -0.25) is 14.4 Å². The Morgan fingerprint density at radius 2 is 1.62 bits per heavy atom. The number of anilines is 1. The summed E-state index contributed by atoms with van der Waals surface area (Å²) in [5.41, 5.74) is 1.26. The summed E-state index contributed by atoms with van der Waals surface area (Å²) in [4.78, 5) is 35.0. The molecule has 2 atom stereocenters. The van der Waals surface area contributed by atoms with Crippen LogP contribution in [0, 0.1) is 11.8 Å². The number of nitrogens with one attached hydrogen (secondary N) is 2. The molecular weight excluding hydrogens is 268 g/mol. The molecule has 2 amide bonds. The molecule has 0 aliphatic heterocycles. The standard InChI is InChI=1S/C16H18N2O3/c1-9(19)10-2-4-11(5-3-10)17-15(20)13-8-14(13)16(21)18-12-6-7-12/h2-5,12-14H,6-8H2,1H3,(H,17,20)(H,18,21). The molecule has 1 aromatic carbocycles. The van der Waals surface area contributed by atoms with Crippen molar-refractivity contribution in [1.29, 1.82) is 0 Å². The molecule has 21 heavy (non-hydrogen) atoms. The smallest absolute Gasteiger partial charge is 0.228 e. The van der Waals surface area contributed by atoms with Crippen LogP contribution in [0.4, 0.5) is 5.69 Å². The molecule has 2 aliphatic rings. The Bertz CT molecular complexity index is 590. The molecular formula is C16H18N2O3. The minimum Gasteiger partial charge on any atom is -0.353 e. The Hall–Kier alpha value is -2.17. The van der Waals surface area contributed by atoms with E-state index in [9.17, 15) is 14.4 Å². The molecule has 110 valence electrons. The van der Waals surface area contributed by atoms with Crippen molar-refractivity contribution in [2.45, 2.75) is 32.2 Å². The molecule has 0 spiro atoms. The SMILES string of the molecule is CC(=O)c1ccc(NC(=O)C2CC2C(=O)NC2CC2)cc1. The van der Waals surface area contributed by atoms with Crippen molar-refractivity contribution >= 4 is 23.3 Å². The largest absolute Gasteiger partial charge is 0.353 e. The van der Waals surface area contributed by atoms with Crippen LogP contribution in [0.15, 0.2) is 24.3 Å². The zero-order valence-corrected chi connectivity index (χ0v) is 11.9. The lowest BCUT2D eigenvalue weighted by Crippen LogP contribution is -2.29. The fraction of sp³-hybridized carbons (Fsp3) is 0.438. The molecule has 2 N–H and O–H groups in total. The summed E-state index contributed by atoms with van der Waals surface area (Å²) in [5, 5.41) is 5.72. The number of rotatable bonds is 5. The van der Waals surface area contributed by atoms with Crippen LogP contribution in [-0.2, 0) is 9.59 Å². The van der Waals surface area contributed by atoms with E-state index in [0.717, 1.165) is 12.8 Å². The molecule has 1 aromatic rings. The molecule has 3 rings (SSSR count). The van der Waals surface area contributed by atoms with Gasteiger partial charge in [-0.2, -0.15) is 0 Å². The zero-order valence-electron chi connectivity index (χ0n) is 11.9. The number of amides is 2. The average Bonchev–Trinajstić information content (AvgIpc) is 3.33. The molecule has 2 aliphatic carbocycles. The van der Waals surface area contributed by atoms with Crippen molar-refractivity contribution < 1.29 is 14.4 Å². The van der Waals surface area contributed by atoms with Gasteiger partial charge in [0.2, 0.25) is 11.8 Å². The van der Waals surface area contributed by atoms with Crippen LogP contribution in [0.3, 0.4) is 0 Å². The predicted octanol–water partition coefficient (Wildman–Crippen LogP) is 1.74. The minimum atomic E-state index is -0.226. The summed E-state index contributed by atoms with van der Waals surface area (Å²) in [6.07, 6.45) is 2.73. The molecule has 0 heterocycles. The second kappa shape index (κ2) is 5.31. The van der Waals surface area contributed by atoms with E-state index in [0.29, 0.717) is 23.7 Å². The number of carbonyl (C=O) groups excluding carboxylic acids is 3. The zero-order chi connectivity index (χ0) is 15.0. The monoisotopic (exact) mass is 286 g/mol. The quantitative estimate of drug-likeness (QED) is 0.810. The van der Waals surface area contributed by atoms with Crippen LogP contribution in [0.2, 0.25) is 0 Å². The Kier molecular flexibility index (Phi) is 3.49. The number of carbonyl (C=O) groups is 3. The molecule has 0 aromatic heterocycles. The van der Waals surface area contributed by atoms with E-state index in [-0.39, 0.29) is 29.4 Å². The fourth-order valence-corrected chi connectivity index (χ4v) is 2.33. The van der Waals surface area contributed by atoms with Crippen LogP contribution < -0.4 is 10.6 Å².